The van der Waals surface area contributed by atoms with Crippen molar-refractivity contribution in [1.82, 2.24) is 4.57 Å². The van der Waals surface area contributed by atoms with Crippen molar-refractivity contribution in [2.75, 3.05) is 6.61 Å². The summed E-state index contributed by atoms with van der Waals surface area (Å²) in [5, 5.41) is 30.1. The van der Waals surface area contributed by atoms with Gasteiger partial charge in [0.2, 0.25) is 0 Å². The molecule has 0 spiro atoms. The largest absolute Gasteiger partial charge is 0.394 e. The van der Waals surface area contributed by atoms with Gasteiger partial charge in [0.05, 0.1) is 6.61 Å². The molecule has 1 aliphatic rings. The van der Waals surface area contributed by atoms with Gasteiger partial charge in [0.25, 0.3) is 5.56 Å². The molecule has 4 unspecified atom stereocenters. The fraction of sp³-hybridized carbons (Fsp3) is 0.357. The molecule has 0 aliphatic carbocycles. The summed E-state index contributed by atoms with van der Waals surface area (Å²) in [6.07, 6.45) is -2.85. The van der Waals surface area contributed by atoms with Gasteiger partial charge in [-0.25, -0.2) is 0 Å². The second-order valence-electron chi connectivity index (χ2n) is 4.84. The number of aromatic nitrogens is 1. The van der Waals surface area contributed by atoms with E-state index < -0.39 is 31.1 Å². The maximum Gasteiger partial charge on any atom is 0.260 e. The van der Waals surface area contributed by atoms with Crippen LogP contribution >= 0.6 is 0 Å². The molecule has 2 aromatic rings. The summed E-state index contributed by atoms with van der Waals surface area (Å²) in [5.41, 5.74) is -0.307. The van der Waals surface area contributed by atoms with E-state index in [2.05, 4.69) is 0 Å². The van der Waals surface area contributed by atoms with Crippen LogP contribution in [0.4, 0.5) is 0 Å². The molecule has 0 radical (unpaired) electrons. The molecule has 6 nitrogen and oxygen atoms in total. The molecule has 1 aliphatic heterocycles. The Balaban J connectivity index is 2.07. The fourth-order valence-electron chi connectivity index (χ4n) is 2.51. The Labute approximate surface area is 114 Å². The van der Waals surface area contributed by atoms with Crippen LogP contribution in [0.25, 0.3) is 10.8 Å². The van der Waals surface area contributed by atoms with Crippen LogP contribution in [0.15, 0.2) is 41.3 Å². The van der Waals surface area contributed by atoms with Crippen molar-refractivity contribution in [3.05, 3.63) is 46.9 Å². The first-order chi connectivity index (χ1) is 9.63. The van der Waals surface area contributed by atoms with Crippen molar-refractivity contribution < 1.29 is 20.1 Å². The van der Waals surface area contributed by atoms with E-state index in [1.807, 2.05) is 12.1 Å². The van der Waals surface area contributed by atoms with Crippen LogP contribution in [0, 0.1) is 0 Å². The number of aliphatic hydroxyl groups is 3. The molecule has 1 fully saturated rings. The highest BCUT2D eigenvalue weighted by Gasteiger charge is 2.43. The van der Waals surface area contributed by atoms with Gasteiger partial charge in [0, 0.05) is 11.6 Å². The first-order valence-corrected chi connectivity index (χ1v) is 6.36. The van der Waals surface area contributed by atoms with Crippen LogP contribution in [0.5, 0.6) is 0 Å². The third-order valence-electron chi connectivity index (χ3n) is 3.63. The number of aliphatic hydroxyl groups excluding tert-OH is 3. The molecule has 3 rings (SSSR count). The maximum absolute atomic E-state index is 12.4. The van der Waals surface area contributed by atoms with Crippen LogP contribution in [-0.4, -0.2) is 44.8 Å². The number of pyridine rings is 1. The van der Waals surface area contributed by atoms with E-state index in [-0.39, 0.29) is 5.56 Å². The zero-order valence-electron chi connectivity index (χ0n) is 10.6. The summed E-state index contributed by atoms with van der Waals surface area (Å²) < 4.78 is 6.61. The molecular weight excluding hydrogens is 262 g/mol. The Hall–Kier alpha value is -1.73. The van der Waals surface area contributed by atoms with E-state index in [9.17, 15) is 15.0 Å². The molecule has 0 amide bonds. The van der Waals surface area contributed by atoms with Crippen LogP contribution in [0.2, 0.25) is 0 Å². The molecule has 1 aromatic carbocycles. The van der Waals surface area contributed by atoms with Gasteiger partial charge < -0.3 is 20.1 Å². The topological polar surface area (TPSA) is 91.9 Å². The average molecular weight is 277 g/mol. The van der Waals surface area contributed by atoms with Crippen molar-refractivity contribution >= 4 is 10.8 Å². The number of benzene rings is 1. The highest BCUT2D eigenvalue weighted by molar-refractivity contribution is 5.81. The van der Waals surface area contributed by atoms with Crippen molar-refractivity contribution in [3.8, 4) is 0 Å². The van der Waals surface area contributed by atoms with E-state index in [1.165, 1.54) is 10.8 Å². The van der Waals surface area contributed by atoms with Crippen molar-refractivity contribution in [2.45, 2.75) is 24.5 Å². The Bertz CT molecular complexity index is 683. The second kappa shape index (κ2) is 4.99. The lowest BCUT2D eigenvalue weighted by Crippen LogP contribution is -2.35. The Kier molecular flexibility index (Phi) is 3.31. The number of fused-ring (bicyclic) bond motifs is 1. The van der Waals surface area contributed by atoms with E-state index in [0.717, 1.165) is 5.39 Å². The number of rotatable bonds is 2. The van der Waals surface area contributed by atoms with Crippen LogP contribution in [0.1, 0.15) is 6.23 Å². The summed E-state index contributed by atoms with van der Waals surface area (Å²) in [7, 11) is 0. The van der Waals surface area contributed by atoms with Crippen LogP contribution < -0.4 is 5.56 Å². The van der Waals surface area contributed by atoms with Gasteiger partial charge in [-0.2, -0.15) is 0 Å². The predicted octanol–water partition coefficient (Wildman–Crippen LogP) is -0.387. The Morgan fingerprint density at radius 3 is 2.60 bits per heavy atom. The van der Waals surface area contributed by atoms with Gasteiger partial charge in [0.1, 0.15) is 18.3 Å². The highest BCUT2D eigenvalue weighted by atomic mass is 16.6. The SMILES string of the molecule is O=c1c2ccccc2ccn1C1OC(CO)C(O)C1O. The lowest BCUT2D eigenvalue weighted by atomic mass is 10.1. The van der Waals surface area contributed by atoms with Crippen molar-refractivity contribution in [1.29, 1.82) is 0 Å². The van der Waals surface area contributed by atoms with Crippen LogP contribution in [-0.2, 0) is 4.74 Å². The van der Waals surface area contributed by atoms with Crippen molar-refractivity contribution in [2.24, 2.45) is 0 Å². The minimum absolute atomic E-state index is 0.307. The molecular formula is C14H15NO5. The lowest BCUT2D eigenvalue weighted by Gasteiger charge is -2.18. The molecule has 0 saturated carbocycles. The molecule has 1 saturated heterocycles. The zero-order chi connectivity index (χ0) is 14.3. The normalized spacial score (nSPS) is 29.9. The Morgan fingerprint density at radius 1 is 1.15 bits per heavy atom. The lowest BCUT2D eigenvalue weighted by molar-refractivity contribution is -0.0541. The number of hydrogen-bond donors (Lipinski definition) is 3. The monoisotopic (exact) mass is 277 g/mol. The van der Waals surface area contributed by atoms with Gasteiger partial charge in [-0.1, -0.05) is 18.2 Å². The molecule has 4 atom stereocenters. The van der Waals surface area contributed by atoms with Gasteiger partial charge in [0.15, 0.2) is 6.23 Å². The zero-order valence-corrected chi connectivity index (χ0v) is 10.6. The minimum atomic E-state index is -1.26. The second-order valence-corrected chi connectivity index (χ2v) is 4.84. The summed E-state index contributed by atoms with van der Waals surface area (Å²) in [6, 6.07) is 8.84. The van der Waals surface area contributed by atoms with Gasteiger partial charge in [-0.05, 0) is 17.5 Å². The molecule has 3 N–H and O–H groups in total. The summed E-state index contributed by atoms with van der Waals surface area (Å²) >= 11 is 0. The fourth-order valence-corrected chi connectivity index (χ4v) is 2.51. The van der Waals surface area contributed by atoms with Gasteiger partial charge in [-0.15, -0.1) is 0 Å². The highest BCUT2D eigenvalue weighted by Crippen LogP contribution is 2.28. The number of hydrogen-bond acceptors (Lipinski definition) is 5. The molecule has 20 heavy (non-hydrogen) atoms. The Morgan fingerprint density at radius 2 is 1.90 bits per heavy atom. The standard InChI is InChI=1S/C14H15NO5/c16-7-10-11(17)12(18)14(20-10)15-6-5-8-3-1-2-4-9(8)13(15)19/h1-6,10-12,14,16-18H,7H2. The van der Waals surface area contributed by atoms with Crippen LogP contribution in [0.3, 0.4) is 0 Å². The summed E-state index contributed by atoms with van der Waals surface area (Å²) in [5.74, 6) is 0. The first-order valence-electron chi connectivity index (χ1n) is 6.36. The quantitative estimate of drug-likeness (QED) is 0.695. The maximum atomic E-state index is 12.4. The van der Waals surface area contributed by atoms with E-state index in [4.69, 9.17) is 9.84 Å². The van der Waals surface area contributed by atoms with E-state index in [1.54, 1.807) is 18.2 Å². The average Bonchev–Trinajstić information content (AvgIpc) is 2.76. The van der Waals surface area contributed by atoms with E-state index in [0.29, 0.717) is 5.39 Å². The predicted molar refractivity (Wildman–Crippen MR) is 71.2 cm³/mol. The number of ether oxygens (including phenoxy) is 1. The first kappa shape index (κ1) is 13.3. The van der Waals surface area contributed by atoms with Gasteiger partial charge in [-0.3, -0.25) is 9.36 Å². The third kappa shape index (κ3) is 1.94. The molecule has 106 valence electrons. The minimum Gasteiger partial charge on any atom is -0.394 e. The molecule has 1 aromatic heterocycles. The third-order valence-corrected chi connectivity index (χ3v) is 3.63. The smallest absolute Gasteiger partial charge is 0.260 e. The molecule has 0 bridgehead atoms. The summed E-state index contributed by atoms with van der Waals surface area (Å²) in [6.45, 7) is -0.420. The summed E-state index contributed by atoms with van der Waals surface area (Å²) in [4.78, 5) is 12.4. The number of nitrogens with zero attached hydrogens (tertiary/aromatic N) is 1. The molecule has 2 heterocycles. The van der Waals surface area contributed by atoms with Gasteiger partial charge >= 0.3 is 0 Å². The molecule has 6 heteroatoms. The van der Waals surface area contributed by atoms with Crippen molar-refractivity contribution in [3.63, 3.8) is 0 Å². The van der Waals surface area contributed by atoms with E-state index >= 15 is 0 Å².